The number of nitrogens with two attached hydrogens (primary N) is 1. The molecule has 2 aromatic carbocycles. The van der Waals surface area contributed by atoms with E-state index in [0.717, 1.165) is 16.7 Å². The summed E-state index contributed by atoms with van der Waals surface area (Å²) in [5.74, 6) is 0.529. The standard InChI is InChI=1S/C23H20N2O2/c1-14-11-19(26)22-20(12-14)27-23(25)18(13-24)21(22)17-9-7-16(8-10-17)15-5-3-2-4-6-15/h2-10,14,21H,11-12,25H2,1H3/t14-,21-/m1/s1. The summed E-state index contributed by atoms with van der Waals surface area (Å²) in [6.07, 6.45) is 1.14. The molecular weight excluding hydrogens is 336 g/mol. The van der Waals surface area contributed by atoms with Gasteiger partial charge < -0.3 is 10.5 Å². The molecule has 0 saturated heterocycles. The van der Waals surface area contributed by atoms with E-state index in [2.05, 4.69) is 18.2 Å². The summed E-state index contributed by atoms with van der Waals surface area (Å²) in [5.41, 5.74) is 10.0. The van der Waals surface area contributed by atoms with Crippen molar-refractivity contribution in [2.24, 2.45) is 11.7 Å². The number of hydrogen-bond acceptors (Lipinski definition) is 4. The molecule has 4 nitrogen and oxygen atoms in total. The molecule has 1 aliphatic carbocycles. The van der Waals surface area contributed by atoms with Crippen LogP contribution in [-0.2, 0) is 9.53 Å². The molecule has 0 saturated carbocycles. The number of carbonyl (C=O) groups excluding carboxylic acids is 1. The van der Waals surface area contributed by atoms with Crippen molar-refractivity contribution in [1.82, 2.24) is 0 Å². The van der Waals surface area contributed by atoms with E-state index in [-0.39, 0.29) is 17.6 Å². The Balaban J connectivity index is 1.78. The quantitative estimate of drug-likeness (QED) is 0.864. The topological polar surface area (TPSA) is 76.1 Å². The van der Waals surface area contributed by atoms with Crippen LogP contribution in [0.3, 0.4) is 0 Å². The monoisotopic (exact) mass is 356 g/mol. The fourth-order valence-corrected chi connectivity index (χ4v) is 3.93. The van der Waals surface area contributed by atoms with E-state index in [0.29, 0.717) is 29.7 Å². The highest BCUT2D eigenvalue weighted by Gasteiger charge is 2.39. The van der Waals surface area contributed by atoms with Crippen molar-refractivity contribution in [2.45, 2.75) is 25.7 Å². The molecule has 27 heavy (non-hydrogen) atoms. The lowest BCUT2D eigenvalue weighted by Crippen LogP contribution is -2.29. The van der Waals surface area contributed by atoms with Gasteiger partial charge in [-0.1, -0.05) is 61.5 Å². The minimum absolute atomic E-state index is 0.0427. The van der Waals surface area contributed by atoms with Crippen molar-refractivity contribution in [3.05, 3.63) is 82.9 Å². The minimum Gasteiger partial charge on any atom is -0.444 e. The van der Waals surface area contributed by atoms with E-state index in [4.69, 9.17) is 10.5 Å². The van der Waals surface area contributed by atoms with Crippen LogP contribution >= 0.6 is 0 Å². The summed E-state index contributed by atoms with van der Waals surface area (Å²) >= 11 is 0. The lowest BCUT2D eigenvalue weighted by atomic mass is 9.75. The van der Waals surface area contributed by atoms with E-state index in [1.807, 2.05) is 49.4 Å². The van der Waals surface area contributed by atoms with Crippen molar-refractivity contribution in [3.8, 4) is 17.2 Å². The molecule has 0 fully saturated rings. The molecule has 1 heterocycles. The van der Waals surface area contributed by atoms with Crippen LogP contribution in [0.25, 0.3) is 11.1 Å². The average molecular weight is 356 g/mol. The number of carbonyl (C=O) groups is 1. The van der Waals surface area contributed by atoms with Gasteiger partial charge in [-0.2, -0.15) is 5.26 Å². The van der Waals surface area contributed by atoms with E-state index in [1.54, 1.807) is 0 Å². The lowest BCUT2D eigenvalue weighted by molar-refractivity contribution is -0.117. The first kappa shape index (κ1) is 17.1. The van der Waals surface area contributed by atoms with E-state index >= 15 is 0 Å². The molecule has 0 spiro atoms. The zero-order chi connectivity index (χ0) is 19.0. The highest BCUT2D eigenvalue weighted by Crippen LogP contribution is 2.44. The zero-order valence-corrected chi connectivity index (χ0v) is 15.1. The zero-order valence-electron chi connectivity index (χ0n) is 15.1. The Kier molecular flexibility index (Phi) is 4.29. The predicted molar refractivity (Wildman–Crippen MR) is 103 cm³/mol. The van der Waals surface area contributed by atoms with Gasteiger partial charge in [0.2, 0.25) is 5.88 Å². The third-order valence-electron chi connectivity index (χ3n) is 5.22. The Morgan fingerprint density at radius 2 is 1.70 bits per heavy atom. The molecule has 0 bridgehead atoms. The van der Waals surface area contributed by atoms with Gasteiger partial charge in [-0.25, -0.2) is 0 Å². The Labute approximate surface area is 158 Å². The molecular formula is C23H20N2O2. The second-order valence-corrected chi connectivity index (χ2v) is 7.19. The van der Waals surface area contributed by atoms with Gasteiger partial charge in [-0.05, 0) is 22.6 Å². The number of nitrogens with zero attached hydrogens (tertiary/aromatic N) is 1. The predicted octanol–water partition coefficient (Wildman–Crippen LogP) is 4.41. The third kappa shape index (κ3) is 3.02. The molecule has 2 N–H and O–H groups in total. The fraction of sp³-hybridized carbons (Fsp3) is 0.217. The Morgan fingerprint density at radius 1 is 1.04 bits per heavy atom. The van der Waals surface area contributed by atoms with E-state index in [1.165, 1.54) is 0 Å². The largest absolute Gasteiger partial charge is 0.444 e. The average Bonchev–Trinajstić information content (AvgIpc) is 2.67. The number of ether oxygens (including phenoxy) is 1. The van der Waals surface area contributed by atoms with Gasteiger partial charge in [0.1, 0.15) is 17.4 Å². The number of allylic oxidation sites excluding steroid dienone is 3. The first-order chi connectivity index (χ1) is 13.1. The smallest absolute Gasteiger partial charge is 0.205 e. The van der Waals surface area contributed by atoms with Crippen LogP contribution in [-0.4, -0.2) is 5.78 Å². The number of ketones is 1. The number of nitriles is 1. The molecule has 2 atom stereocenters. The first-order valence-electron chi connectivity index (χ1n) is 9.07. The van der Waals surface area contributed by atoms with Crippen LogP contribution in [0.4, 0.5) is 0 Å². The Morgan fingerprint density at radius 3 is 2.37 bits per heavy atom. The molecule has 2 aromatic rings. The second kappa shape index (κ2) is 6.77. The van der Waals surface area contributed by atoms with Crippen molar-refractivity contribution in [3.63, 3.8) is 0 Å². The van der Waals surface area contributed by atoms with Gasteiger partial charge in [0.05, 0.1) is 5.92 Å². The normalized spacial score (nSPS) is 22.1. The minimum atomic E-state index is -0.455. The number of benzene rings is 2. The fourth-order valence-electron chi connectivity index (χ4n) is 3.93. The summed E-state index contributed by atoms with van der Waals surface area (Å²) < 4.78 is 5.67. The van der Waals surface area contributed by atoms with Crippen LogP contribution in [0.1, 0.15) is 31.2 Å². The maximum atomic E-state index is 12.8. The summed E-state index contributed by atoms with van der Waals surface area (Å²) in [6, 6.07) is 20.2. The SMILES string of the molecule is C[C@@H]1CC(=O)C2=C(C1)OC(N)=C(C#N)[C@H]2c1ccc(-c2ccccc2)cc1. The van der Waals surface area contributed by atoms with Crippen molar-refractivity contribution < 1.29 is 9.53 Å². The van der Waals surface area contributed by atoms with Crippen molar-refractivity contribution in [1.29, 1.82) is 5.26 Å². The maximum Gasteiger partial charge on any atom is 0.205 e. The number of Topliss-reactive ketones (excluding diaryl/α,β-unsaturated/α-hetero) is 1. The van der Waals surface area contributed by atoms with Gasteiger partial charge in [0.15, 0.2) is 5.78 Å². The van der Waals surface area contributed by atoms with Crippen LogP contribution in [0.5, 0.6) is 0 Å². The molecule has 4 heteroatoms. The summed E-state index contributed by atoms with van der Waals surface area (Å²) in [5, 5.41) is 9.65. The Bertz CT molecular complexity index is 995. The van der Waals surface area contributed by atoms with Gasteiger partial charge in [-0.3, -0.25) is 4.79 Å². The number of rotatable bonds is 2. The molecule has 0 amide bonds. The highest BCUT2D eigenvalue weighted by atomic mass is 16.5. The van der Waals surface area contributed by atoms with Gasteiger partial charge in [-0.15, -0.1) is 0 Å². The van der Waals surface area contributed by atoms with Crippen LogP contribution in [0, 0.1) is 17.2 Å². The van der Waals surface area contributed by atoms with Crippen molar-refractivity contribution >= 4 is 5.78 Å². The van der Waals surface area contributed by atoms with Gasteiger partial charge >= 0.3 is 0 Å². The first-order valence-corrected chi connectivity index (χ1v) is 9.07. The van der Waals surface area contributed by atoms with Gasteiger partial charge in [0.25, 0.3) is 0 Å². The maximum absolute atomic E-state index is 12.8. The molecule has 4 rings (SSSR count). The van der Waals surface area contributed by atoms with E-state index < -0.39 is 5.92 Å². The van der Waals surface area contributed by atoms with Crippen LogP contribution < -0.4 is 5.73 Å². The lowest BCUT2D eigenvalue weighted by Gasteiger charge is -2.33. The molecule has 134 valence electrons. The second-order valence-electron chi connectivity index (χ2n) is 7.19. The third-order valence-corrected chi connectivity index (χ3v) is 5.22. The number of hydrogen-bond donors (Lipinski definition) is 1. The molecule has 2 aliphatic rings. The summed E-state index contributed by atoms with van der Waals surface area (Å²) in [6.45, 7) is 2.02. The summed E-state index contributed by atoms with van der Waals surface area (Å²) in [4.78, 5) is 12.8. The molecule has 0 radical (unpaired) electrons. The molecule has 0 aromatic heterocycles. The highest BCUT2D eigenvalue weighted by molar-refractivity contribution is 5.99. The van der Waals surface area contributed by atoms with E-state index in [9.17, 15) is 10.1 Å². The van der Waals surface area contributed by atoms with Crippen LogP contribution in [0.15, 0.2) is 77.4 Å². The van der Waals surface area contributed by atoms with Gasteiger partial charge in [0, 0.05) is 18.4 Å². The summed E-state index contributed by atoms with van der Waals surface area (Å²) in [7, 11) is 0. The molecule has 1 aliphatic heterocycles. The van der Waals surface area contributed by atoms with Crippen molar-refractivity contribution in [2.75, 3.05) is 0 Å². The molecule has 0 unspecified atom stereocenters. The Hall–Kier alpha value is -3.32. The van der Waals surface area contributed by atoms with Crippen LogP contribution in [0.2, 0.25) is 0 Å².